The normalized spacial score (nSPS) is 22.3. The molecule has 106 valence electrons. The lowest BCUT2D eigenvalue weighted by Crippen LogP contribution is -2.24. The van der Waals surface area contributed by atoms with Gasteiger partial charge in [0.05, 0.1) is 20.3 Å². The maximum atomic E-state index is 10.1. The zero-order valence-corrected chi connectivity index (χ0v) is 12.5. The summed E-state index contributed by atoms with van der Waals surface area (Å²) < 4.78 is 11.2. The molecule has 0 saturated carbocycles. The summed E-state index contributed by atoms with van der Waals surface area (Å²) >= 11 is 0. The van der Waals surface area contributed by atoms with Crippen LogP contribution in [0.3, 0.4) is 0 Å². The van der Waals surface area contributed by atoms with E-state index in [-0.39, 0.29) is 12.0 Å². The van der Waals surface area contributed by atoms with E-state index in [2.05, 4.69) is 26.8 Å². The number of benzene rings is 1. The van der Waals surface area contributed by atoms with Crippen LogP contribution in [-0.2, 0) is 6.42 Å². The fourth-order valence-corrected chi connectivity index (χ4v) is 3.05. The number of hydrogen-bond acceptors (Lipinski definition) is 3. The fourth-order valence-electron chi connectivity index (χ4n) is 3.05. The highest BCUT2D eigenvalue weighted by molar-refractivity contribution is 5.57. The minimum absolute atomic E-state index is 0.0915. The van der Waals surface area contributed by atoms with Gasteiger partial charge in [0.2, 0.25) is 0 Å². The van der Waals surface area contributed by atoms with Gasteiger partial charge in [0.1, 0.15) is 11.5 Å². The predicted octanol–water partition coefficient (Wildman–Crippen LogP) is 3.24. The van der Waals surface area contributed by atoms with Gasteiger partial charge in [-0.3, -0.25) is 0 Å². The van der Waals surface area contributed by atoms with Crippen LogP contribution in [0.2, 0.25) is 0 Å². The van der Waals surface area contributed by atoms with Gasteiger partial charge in [0.25, 0.3) is 0 Å². The van der Waals surface area contributed by atoms with Crippen molar-refractivity contribution in [2.75, 3.05) is 14.2 Å². The molecule has 0 unspecified atom stereocenters. The standard InChI is InChI=1S/C16H24O3/c1-9(2)12-8-14(18-4)15-10(3)13(17)7-6-11(15)16(12)19-5/h8-10,13,17H,6-7H2,1-5H3/t10-,13+/m1/s1. The molecule has 0 radical (unpaired) electrons. The zero-order chi connectivity index (χ0) is 14.2. The third kappa shape index (κ3) is 2.32. The lowest BCUT2D eigenvalue weighted by Gasteiger charge is -2.32. The molecule has 0 fully saturated rings. The molecular weight excluding hydrogens is 240 g/mol. The van der Waals surface area contributed by atoms with Crippen LogP contribution in [0.4, 0.5) is 0 Å². The van der Waals surface area contributed by atoms with Crippen molar-refractivity contribution in [3.63, 3.8) is 0 Å². The van der Waals surface area contributed by atoms with E-state index >= 15 is 0 Å². The van der Waals surface area contributed by atoms with Crippen molar-refractivity contribution in [3.8, 4) is 11.5 Å². The summed E-state index contributed by atoms with van der Waals surface area (Å²) in [5.74, 6) is 2.33. The summed E-state index contributed by atoms with van der Waals surface area (Å²) in [4.78, 5) is 0. The molecule has 19 heavy (non-hydrogen) atoms. The molecular formula is C16H24O3. The van der Waals surface area contributed by atoms with E-state index in [0.29, 0.717) is 5.92 Å². The molecule has 0 aliphatic heterocycles. The van der Waals surface area contributed by atoms with Crippen molar-refractivity contribution in [1.82, 2.24) is 0 Å². The third-order valence-electron chi connectivity index (χ3n) is 4.18. The molecule has 0 heterocycles. The lowest BCUT2D eigenvalue weighted by molar-refractivity contribution is 0.130. The van der Waals surface area contributed by atoms with Crippen LogP contribution in [0.25, 0.3) is 0 Å². The fraction of sp³-hybridized carbons (Fsp3) is 0.625. The second-order valence-electron chi connectivity index (χ2n) is 5.64. The summed E-state index contributed by atoms with van der Waals surface area (Å²) in [5.41, 5.74) is 3.51. The van der Waals surface area contributed by atoms with Gasteiger partial charge in [0.15, 0.2) is 0 Å². The van der Waals surface area contributed by atoms with Gasteiger partial charge in [-0.05, 0) is 24.8 Å². The minimum atomic E-state index is -0.295. The Kier molecular flexibility index (Phi) is 4.04. The van der Waals surface area contributed by atoms with E-state index in [4.69, 9.17) is 9.47 Å². The van der Waals surface area contributed by atoms with Crippen molar-refractivity contribution in [2.45, 2.75) is 51.6 Å². The van der Waals surface area contributed by atoms with Crippen molar-refractivity contribution in [1.29, 1.82) is 0 Å². The van der Waals surface area contributed by atoms with Crippen LogP contribution in [0.5, 0.6) is 11.5 Å². The molecule has 2 rings (SSSR count). The first-order valence-corrected chi connectivity index (χ1v) is 6.96. The SMILES string of the molecule is COc1cc(C(C)C)c(OC)c2c1[C@H](C)[C@@H](O)CC2. The van der Waals surface area contributed by atoms with Crippen molar-refractivity contribution >= 4 is 0 Å². The summed E-state index contributed by atoms with van der Waals surface area (Å²) in [7, 11) is 3.42. The number of fused-ring (bicyclic) bond motifs is 1. The lowest BCUT2D eigenvalue weighted by atomic mass is 9.79. The van der Waals surface area contributed by atoms with Gasteiger partial charge in [-0.25, -0.2) is 0 Å². The van der Waals surface area contributed by atoms with Gasteiger partial charge in [-0.2, -0.15) is 0 Å². The molecule has 0 spiro atoms. The number of methoxy groups -OCH3 is 2. The average molecular weight is 264 g/mol. The van der Waals surface area contributed by atoms with Crippen LogP contribution < -0.4 is 9.47 Å². The van der Waals surface area contributed by atoms with Gasteiger partial charge in [0, 0.05) is 22.6 Å². The molecule has 0 saturated heterocycles. The van der Waals surface area contributed by atoms with E-state index in [1.807, 2.05) is 0 Å². The number of ether oxygens (including phenoxy) is 2. The van der Waals surface area contributed by atoms with Crippen molar-refractivity contribution in [2.24, 2.45) is 0 Å². The Labute approximate surface area is 115 Å². The van der Waals surface area contributed by atoms with E-state index in [0.717, 1.165) is 29.9 Å². The van der Waals surface area contributed by atoms with Crippen LogP contribution >= 0.6 is 0 Å². The smallest absolute Gasteiger partial charge is 0.126 e. The second kappa shape index (κ2) is 5.41. The summed E-state index contributed by atoms with van der Waals surface area (Å²) in [5, 5.41) is 10.1. The minimum Gasteiger partial charge on any atom is -0.496 e. The van der Waals surface area contributed by atoms with E-state index in [1.54, 1.807) is 14.2 Å². The van der Waals surface area contributed by atoms with Gasteiger partial charge < -0.3 is 14.6 Å². The molecule has 2 atom stereocenters. The maximum absolute atomic E-state index is 10.1. The van der Waals surface area contributed by atoms with E-state index in [9.17, 15) is 5.11 Å². The largest absolute Gasteiger partial charge is 0.496 e. The highest BCUT2D eigenvalue weighted by Gasteiger charge is 2.31. The second-order valence-corrected chi connectivity index (χ2v) is 5.64. The summed E-state index contributed by atoms with van der Waals surface area (Å²) in [6, 6.07) is 2.07. The topological polar surface area (TPSA) is 38.7 Å². The Morgan fingerprint density at radius 2 is 1.95 bits per heavy atom. The molecule has 0 aromatic heterocycles. The van der Waals surface area contributed by atoms with Crippen LogP contribution in [0.1, 0.15) is 55.7 Å². The first kappa shape index (κ1) is 14.2. The molecule has 1 aromatic rings. The number of aliphatic hydroxyl groups is 1. The summed E-state index contributed by atoms with van der Waals surface area (Å²) in [6.07, 6.45) is 1.34. The van der Waals surface area contributed by atoms with E-state index < -0.39 is 0 Å². The van der Waals surface area contributed by atoms with Crippen LogP contribution in [-0.4, -0.2) is 25.4 Å². The quantitative estimate of drug-likeness (QED) is 0.911. The molecule has 0 amide bonds. The molecule has 1 aromatic carbocycles. The first-order chi connectivity index (χ1) is 9.01. The van der Waals surface area contributed by atoms with Gasteiger partial charge in [-0.15, -0.1) is 0 Å². The molecule has 0 bridgehead atoms. The molecule has 3 heteroatoms. The number of hydrogen-bond donors (Lipinski definition) is 1. The Hall–Kier alpha value is -1.22. The molecule has 1 N–H and O–H groups in total. The Morgan fingerprint density at radius 1 is 1.26 bits per heavy atom. The Bertz CT molecular complexity index is 466. The van der Waals surface area contributed by atoms with Gasteiger partial charge >= 0.3 is 0 Å². The van der Waals surface area contributed by atoms with E-state index in [1.165, 1.54) is 11.1 Å². The third-order valence-corrected chi connectivity index (χ3v) is 4.18. The van der Waals surface area contributed by atoms with Crippen LogP contribution in [0, 0.1) is 0 Å². The number of rotatable bonds is 3. The monoisotopic (exact) mass is 264 g/mol. The van der Waals surface area contributed by atoms with Crippen LogP contribution in [0.15, 0.2) is 6.07 Å². The van der Waals surface area contributed by atoms with Gasteiger partial charge in [-0.1, -0.05) is 20.8 Å². The highest BCUT2D eigenvalue weighted by atomic mass is 16.5. The van der Waals surface area contributed by atoms with Crippen molar-refractivity contribution < 1.29 is 14.6 Å². The van der Waals surface area contributed by atoms with Crippen molar-refractivity contribution in [3.05, 3.63) is 22.8 Å². The highest BCUT2D eigenvalue weighted by Crippen LogP contribution is 2.45. The number of aliphatic hydroxyl groups excluding tert-OH is 1. The first-order valence-electron chi connectivity index (χ1n) is 6.96. The Balaban J connectivity index is 2.69. The maximum Gasteiger partial charge on any atom is 0.126 e. The zero-order valence-electron chi connectivity index (χ0n) is 12.5. The average Bonchev–Trinajstić information content (AvgIpc) is 2.40. The molecule has 1 aliphatic carbocycles. The summed E-state index contributed by atoms with van der Waals surface area (Å²) in [6.45, 7) is 6.37. The Morgan fingerprint density at radius 3 is 2.47 bits per heavy atom. The predicted molar refractivity (Wildman–Crippen MR) is 76.4 cm³/mol. The molecule has 3 nitrogen and oxygen atoms in total. The molecule has 1 aliphatic rings.